The Bertz CT molecular complexity index is 1380. The molecule has 0 fully saturated rings. The number of benzene rings is 3. The summed E-state index contributed by atoms with van der Waals surface area (Å²) in [5.41, 5.74) is 9.96. The molecule has 0 bridgehead atoms. The first-order valence-electron chi connectivity index (χ1n) is 9.62. The van der Waals surface area contributed by atoms with Gasteiger partial charge in [0.1, 0.15) is 5.75 Å². The van der Waals surface area contributed by atoms with Crippen LogP contribution in [0.15, 0.2) is 58.8 Å². The van der Waals surface area contributed by atoms with Crippen LogP contribution in [0.2, 0.25) is 0 Å². The van der Waals surface area contributed by atoms with E-state index in [4.69, 9.17) is 27.6 Å². The molecule has 0 saturated heterocycles. The number of azo groups is 1. The second-order valence-electron chi connectivity index (χ2n) is 7.05. The van der Waals surface area contributed by atoms with Crippen LogP contribution in [0.4, 0.5) is 17.1 Å². The lowest BCUT2D eigenvalue weighted by molar-refractivity contribution is 0.320. The van der Waals surface area contributed by atoms with E-state index in [0.717, 1.165) is 33.3 Å². The molecular weight excluding hydrogens is 470 g/mol. The summed E-state index contributed by atoms with van der Waals surface area (Å²) in [5.74, 6) is 0.284. The second-order valence-corrected chi connectivity index (χ2v) is 9.03. The summed E-state index contributed by atoms with van der Waals surface area (Å²) in [7, 11) is -7.10. The van der Waals surface area contributed by atoms with E-state index in [-0.39, 0.29) is 18.8 Å². The molecule has 0 amide bonds. The average Bonchev–Trinajstić information content (AvgIpc) is 2.72. The van der Waals surface area contributed by atoms with Gasteiger partial charge < -0.3 is 10.5 Å². The van der Waals surface area contributed by atoms with Gasteiger partial charge in [-0.1, -0.05) is 18.2 Å². The van der Waals surface area contributed by atoms with Crippen LogP contribution in [0.3, 0.4) is 0 Å². The van der Waals surface area contributed by atoms with Crippen molar-refractivity contribution >= 4 is 48.6 Å². The van der Waals surface area contributed by atoms with Crippen molar-refractivity contribution in [2.45, 2.75) is 20.3 Å². The Morgan fingerprint density at radius 3 is 2.36 bits per heavy atom. The minimum absolute atomic E-state index is 0.175. The third-order valence-corrected chi connectivity index (χ3v) is 5.29. The first-order valence-corrected chi connectivity index (χ1v) is 12.2. The SMILES string of the molecule is Cc1cc(N=Nc2ccc3cccc(OCCCS(=O)(=O)O)c3c2)c(C)cc1N.O=S(=O)=O. The quantitative estimate of drug-likeness (QED) is 0.215. The van der Waals surface area contributed by atoms with E-state index in [1.165, 1.54) is 0 Å². The average molecular weight is 494 g/mol. The van der Waals surface area contributed by atoms with Crippen molar-refractivity contribution in [2.24, 2.45) is 10.2 Å². The number of hydrogen-bond acceptors (Lipinski definition) is 9. The minimum Gasteiger partial charge on any atom is -0.493 e. The summed E-state index contributed by atoms with van der Waals surface area (Å²) in [6.07, 6.45) is 0.199. The van der Waals surface area contributed by atoms with Crippen molar-refractivity contribution in [3.8, 4) is 5.75 Å². The molecule has 0 aliphatic carbocycles. The number of nitrogen functional groups attached to an aromatic ring is 1. The van der Waals surface area contributed by atoms with Crippen LogP contribution >= 0.6 is 0 Å². The van der Waals surface area contributed by atoms with Crippen molar-refractivity contribution in [3.63, 3.8) is 0 Å². The van der Waals surface area contributed by atoms with E-state index in [1.54, 1.807) is 0 Å². The molecule has 0 heterocycles. The zero-order valence-corrected chi connectivity index (χ0v) is 19.6. The minimum atomic E-state index is -3.99. The Labute approximate surface area is 192 Å². The predicted octanol–water partition coefficient (Wildman–Crippen LogP) is 4.11. The largest absolute Gasteiger partial charge is 0.493 e. The maximum absolute atomic E-state index is 10.8. The molecule has 0 aliphatic heterocycles. The fraction of sp³-hybridized carbons (Fsp3) is 0.238. The third-order valence-electron chi connectivity index (χ3n) is 4.49. The molecule has 0 aromatic heterocycles. The van der Waals surface area contributed by atoms with Crippen molar-refractivity contribution in [1.82, 2.24) is 0 Å². The summed E-state index contributed by atoms with van der Waals surface area (Å²) < 4.78 is 61.5. The van der Waals surface area contributed by atoms with E-state index in [0.29, 0.717) is 11.4 Å². The molecule has 176 valence electrons. The lowest BCUT2D eigenvalue weighted by Crippen LogP contribution is -2.08. The van der Waals surface area contributed by atoms with Crippen LogP contribution in [0.5, 0.6) is 5.75 Å². The van der Waals surface area contributed by atoms with Crippen molar-refractivity contribution in [2.75, 3.05) is 18.1 Å². The number of fused-ring (bicyclic) bond motifs is 1. The van der Waals surface area contributed by atoms with Crippen LogP contribution < -0.4 is 10.5 Å². The second kappa shape index (κ2) is 11.5. The van der Waals surface area contributed by atoms with Gasteiger partial charge in [0.25, 0.3) is 10.1 Å². The molecule has 3 N–H and O–H groups in total. The number of ether oxygens (including phenoxy) is 1. The number of nitrogens with two attached hydrogens (primary N) is 1. The number of nitrogens with zero attached hydrogens (tertiary/aromatic N) is 2. The van der Waals surface area contributed by atoms with Crippen molar-refractivity contribution < 1.29 is 30.3 Å². The Kier molecular flexibility index (Phi) is 9.02. The van der Waals surface area contributed by atoms with Crippen molar-refractivity contribution in [3.05, 3.63) is 59.7 Å². The monoisotopic (exact) mass is 493 g/mol. The molecule has 0 atom stereocenters. The van der Waals surface area contributed by atoms with Crippen molar-refractivity contribution in [1.29, 1.82) is 0 Å². The van der Waals surface area contributed by atoms with E-state index in [9.17, 15) is 8.42 Å². The number of hydrogen-bond donors (Lipinski definition) is 2. The summed E-state index contributed by atoms with van der Waals surface area (Å²) in [6.45, 7) is 4.03. The van der Waals surface area contributed by atoms with Gasteiger partial charge in [-0.3, -0.25) is 4.55 Å². The number of rotatable bonds is 7. The van der Waals surface area contributed by atoms with Gasteiger partial charge in [-0.25, -0.2) is 0 Å². The van der Waals surface area contributed by atoms with Gasteiger partial charge in [0.2, 0.25) is 0 Å². The summed E-state index contributed by atoms with van der Waals surface area (Å²) in [4.78, 5) is 0. The normalized spacial score (nSPS) is 11.2. The standard InChI is InChI=1S/C21H23N3O4S.O3S/c1-14-12-20(15(2)11-19(14)22)24-23-17-8-7-16-5-3-6-21(18(16)13-17)28-9-4-10-29(25,26)27;1-4(2)3/h3,5-8,11-13H,4,9-10,22H2,1-2H3,(H,25,26,27);. The van der Waals surface area contributed by atoms with Gasteiger partial charge >= 0.3 is 10.6 Å². The highest BCUT2D eigenvalue weighted by Gasteiger charge is 2.07. The molecule has 0 saturated carbocycles. The highest BCUT2D eigenvalue weighted by Crippen LogP contribution is 2.31. The highest BCUT2D eigenvalue weighted by molar-refractivity contribution is 7.85. The molecule has 0 unspecified atom stereocenters. The summed E-state index contributed by atoms with van der Waals surface area (Å²) >= 11 is 0. The zero-order chi connectivity index (χ0) is 24.6. The molecule has 0 radical (unpaired) electrons. The Balaban J connectivity index is 0.000000890. The fourth-order valence-electron chi connectivity index (χ4n) is 2.89. The first-order chi connectivity index (χ1) is 15.5. The van der Waals surface area contributed by atoms with Crippen LogP contribution in [-0.4, -0.2) is 38.0 Å². The van der Waals surface area contributed by atoms with Gasteiger partial charge in [-0.2, -0.15) is 18.6 Å². The summed E-state index contributed by atoms with van der Waals surface area (Å²) in [6, 6.07) is 15.1. The van der Waals surface area contributed by atoms with E-state index in [1.807, 2.05) is 62.4 Å². The zero-order valence-electron chi connectivity index (χ0n) is 17.9. The smallest absolute Gasteiger partial charge is 0.425 e. The lowest BCUT2D eigenvalue weighted by Gasteiger charge is -2.09. The Morgan fingerprint density at radius 1 is 1.00 bits per heavy atom. The molecule has 10 nitrogen and oxygen atoms in total. The predicted molar refractivity (Wildman–Crippen MR) is 125 cm³/mol. The Morgan fingerprint density at radius 2 is 1.70 bits per heavy atom. The molecular formula is C21H23N3O7S2. The number of aryl methyl sites for hydroxylation is 2. The molecule has 0 aliphatic rings. The number of anilines is 1. The third kappa shape index (κ3) is 8.60. The molecule has 3 aromatic rings. The highest BCUT2D eigenvalue weighted by atomic mass is 32.2. The topological polar surface area (TPSA) is 166 Å². The van der Waals surface area contributed by atoms with Crippen LogP contribution in [0.1, 0.15) is 17.5 Å². The van der Waals surface area contributed by atoms with Gasteiger partial charge in [-0.05, 0) is 67.1 Å². The van der Waals surface area contributed by atoms with Gasteiger partial charge in [0.05, 0.1) is 23.7 Å². The van der Waals surface area contributed by atoms with Gasteiger partial charge in [0, 0.05) is 11.1 Å². The van der Waals surface area contributed by atoms with E-state index >= 15 is 0 Å². The van der Waals surface area contributed by atoms with Crippen LogP contribution in [-0.2, 0) is 20.7 Å². The van der Waals surface area contributed by atoms with Gasteiger partial charge in [-0.15, -0.1) is 12.6 Å². The molecule has 12 heteroatoms. The summed E-state index contributed by atoms with van der Waals surface area (Å²) in [5, 5.41) is 10.5. The van der Waals surface area contributed by atoms with Crippen LogP contribution in [0, 0.1) is 13.8 Å². The molecule has 0 spiro atoms. The van der Waals surface area contributed by atoms with E-state index in [2.05, 4.69) is 10.2 Å². The molecule has 3 rings (SSSR count). The Hall–Kier alpha value is -3.35. The first kappa shape index (κ1) is 25.9. The fourth-order valence-corrected chi connectivity index (χ4v) is 3.37. The van der Waals surface area contributed by atoms with E-state index < -0.39 is 20.7 Å². The molecule has 33 heavy (non-hydrogen) atoms. The lowest BCUT2D eigenvalue weighted by atomic mass is 10.1. The van der Waals surface area contributed by atoms with Gasteiger partial charge in [0.15, 0.2) is 0 Å². The maximum atomic E-state index is 10.8. The van der Waals surface area contributed by atoms with Crippen LogP contribution in [0.25, 0.3) is 10.8 Å². The maximum Gasteiger partial charge on any atom is 0.425 e. The molecule has 3 aromatic carbocycles.